The highest BCUT2D eigenvalue weighted by atomic mass is 79.9. The average Bonchev–Trinajstić information content (AvgIpc) is 2.88. The normalized spacial score (nSPS) is 10.8. The number of hydrogen-bond acceptors (Lipinski definition) is 2. The Morgan fingerprint density at radius 1 is 1.00 bits per heavy atom. The van der Waals surface area contributed by atoms with Gasteiger partial charge in [0.2, 0.25) is 0 Å². The van der Waals surface area contributed by atoms with Gasteiger partial charge in [0.25, 0.3) is 0 Å². The number of carbonyl (C=O) groups is 1. The third-order valence-electron chi connectivity index (χ3n) is 3.04. The van der Waals surface area contributed by atoms with Crippen LogP contribution in [-0.4, -0.2) is 5.78 Å². The smallest absolute Gasteiger partial charge is 0.194 e. The van der Waals surface area contributed by atoms with E-state index in [0.717, 1.165) is 26.6 Å². The summed E-state index contributed by atoms with van der Waals surface area (Å²) in [5.74, 6) is 1.05. The first-order chi connectivity index (χ1) is 9.13. The third kappa shape index (κ3) is 2.34. The van der Waals surface area contributed by atoms with Crippen LogP contribution in [0.25, 0.3) is 22.1 Å². The van der Waals surface area contributed by atoms with Crippen LogP contribution in [0.15, 0.2) is 57.4 Å². The number of hydrogen-bond donors (Lipinski definition) is 0. The van der Waals surface area contributed by atoms with E-state index in [4.69, 9.17) is 4.42 Å². The van der Waals surface area contributed by atoms with Crippen molar-refractivity contribution in [1.82, 2.24) is 0 Å². The van der Waals surface area contributed by atoms with Crippen LogP contribution in [0.5, 0.6) is 0 Å². The van der Waals surface area contributed by atoms with Gasteiger partial charge in [0.05, 0.1) is 0 Å². The molecule has 3 aromatic rings. The molecule has 0 fully saturated rings. The number of rotatable bonds is 2. The molecular formula is C16H11BrO2. The monoisotopic (exact) mass is 314 g/mol. The first-order valence-corrected chi connectivity index (χ1v) is 6.73. The maximum Gasteiger partial charge on any atom is 0.194 e. The molecule has 0 spiro atoms. The molecule has 0 atom stereocenters. The Labute approximate surface area is 119 Å². The second-order valence-corrected chi connectivity index (χ2v) is 5.34. The zero-order chi connectivity index (χ0) is 13.4. The van der Waals surface area contributed by atoms with E-state index in [1.54, 1.807) is 6.07 Å². The highest BCUT2D eigenvalue weighted by Gasteiger charge is 2.08. The van der Waals surface area contributed by atoms with Crippen molar-refractivity contribution in [2.75, 3.05) is 0 Å². The Hall–Kier alpha value is -1.87. The zero-order valence-corrected chi connectivity index (χ0v) is 11.9. The lowest BCUT2D eigenvalue weighted by atomic mass is 10.1. The fourth-order valence-corrected chi connectivity index (χ4v) is 2.43. The van der Waals surface area contributed by atoms with Crippen molar-refractivity contribution in [3.63, 3.8) is 0 Å². The molecule has 0 aliphatic heterocycles. The van der Waals surface area contributed by atoms with Gasteiger partial charge in [0, 0.05) is 17.0 Å². The standard InChI is InChI=1S/C16H11BrO2/c1-10(18)15-6-7-16(19-15)13-3-2-12-9-14(17)5-4-11(12)8-13/h2-9H,1H3. The maximum atomic E-state index is 11.2. The minimum absolute atomic E-state index is 0.0593. The van der Waals surface area contributed by atoms with E-state index in [2.05, 4.69) is 34.1 Å². The Morgan fingerprint density at radius 3 is 2.47 bits per heavy atom. The molecule has 2 aromatic carbocycles. The Bertz CT molecular complexity index is 771. The van der Waals surface area contributed by atoms with Gasteiger partial charge in [0.1, 0.15) is 5.76 Å². The maximum absolute atomic E-state index is 11.2. The third-order valence-corrected chi connectivity index (χ3v) is 3.53. The lowest BCUT2D eigenvalue weighted by Gasteiger charge is -2.02. The molecule has 0 amide bonds. The van der Waals surface area contributed by atoms with Gasteiger partial charge in [-0.3, -0.25) is 4.79 Å². The molecule has 0 saturated carbocycles. The van der Waals surface area contributed by atoms with Crippen molar-refractivity contribution in [2.24, 2.45) is 0 Å². The van der Waals surface area contributed by atoms with E-state index < -0.39 is 0 Å². The summed E-state index contributed by atoms with van der Waals surface area (Å²) in [6.45, 7) is 1.50. The summed E-state index contributed by atoms with van der Waals surface area (Å²) < 4.78 is 6.60. The van der Waals surface area contributed by atoms with Crippen LogP contribution in [0.3, 0.4) is 0 Å². The largest absolute Gasteiger partial charge is 0.453 e. The molecule has 19 heavy (non-hydrogen) atoms. The van der Waals surface area contributed by atoms with Crippen molar-refractivity contribution in [3.05, 3.63) is 58.8 Å². The van der Waals surface area contributed by atoms with Crippen molar-refractivity contribution in [3.8, 4) is 11.3 Å². The van der Waals surface area contributed by atoms with Gasteiger partial charge in [-0.05, 0) is 41.1 Å². The molecule has 2 nitrogen and oxygen atoms in total. The minimum atomic E-state index is -0.0593. The average molecular weight is 315 g/mol. The molecule has 1 heterocycles. The van der Waals surface area contributed by atoms with Crippen molar-refractivity contribution in [2.45, 2.75) is 6.92 Å². The summed E-state index contributed by atoms with van der Waals surface area (Å²) in [6, 6.07) is 15.8. The molecule has 0 radical (unpaired) electrons. The Balaban J connectivity index is 2.09. The number of fused-ring (bicyclic) bond motifs is 1. The van der Waals surface area contributed by atoms with Gasteiger partial charge in [-0.1, -0.05) is 34.1 Å². The lowest BCUT2D eigenvalue weighted by Crippen LogP contribution is -1.86. The molecule has 94 valence electrons. The van der Waals surface area contributed by atoms with Gasteiger partial charge >= 0.3 is 0 Å². The first kappa shape index (κ1) is 12.2. The van der Waals surface area contributed by atoms with E-state index in [-0.39, 0.29) is 5.78 Å². The molecule has 3 rings (SSSR count). The fraction of sp³-hybridized carbons (Fsp3) is 0.0625. The van der Waals surface area contributed by atoms with Gasteiger partial charge in [-0.15, -0.1) is 0 Å². The summed E-state index contributed by atoms with van der Waals surface area (Å²) >= 11 is 3.46. The predicted octanol–water partition coefficient (Wildman–Crippen LogP) is 5.06. The second kappa shape index (κ2) is 4.67. The van der Waals surface area contributed by atoms with Gasteiger partial charge in [-0.2, -0.15) is 0 Å². The van der Waals surface area contributed by atoms with E-state index in [1.165, 1.54) is 6.92 Å². The van der Waals surface area contributed by atoms with Crippen molar-refractivity contribution >= 4 is 32.5 Å². The molecule has 0 aliphatic carbocycles. The van der Waals surface area contributed by atoms with Crippen LogP contribution >= 0.6 is 15.9 Å². The first-order valence-electron chi connectivity index (χ1n) is 5.94. The lowest BCUT2D eigenvalue weighted by molar-refractivity contribution is 0.0988. The summed E-state index contributed by atoms with van der Waals surface area (Å²) in [5, 5.41) is 2.30. The van der Waals surface area contributed by atoms with Crippen molar-refractivity contribution < 1.29 is 9.21 Å². The summed E-state index contributed by atoms with van der Waals surface area (Å²) in [6.07, 6.45) is 0. The zero-order valence-electron chi connectivity index (χ0n) is 10.3. The van der Waals surface area contributed by atoms with E-state index >= 15 is 0 Å². The number of Topliss-reactive ketones (excluding diaryl/α,β-unsaturated/α-hetero) is 1. The second-order valence-electron chi connectivity index (χ2n) is 4.43. The van der Waals surface area contributed by atoms with Gasteiger partial charge < -0.3 is 4.42 Å². The van der Waals surface area contributed by atoms with Crippen LogP contribution < -0.4 is 0 Å². The molecule has 3 heteroatoms. The van der Waals surface area contributed by atoms with Gasteiger partial charge in [0.15, 0.2) is 11.5 Å². The predicted molar refractivity (Wildman–Crippen MR) is 79.4 cm³/mol. The van der Waals surface area contributed by atoms with Crippen molar-refractivity contribution in [1.29, 1.82) is 0 Å². The fourth-order valence-electron chi connectivity index (χ4n) is 2.05. The highest BCUT2D eigenvalue weighted by molar-refractivity contribution is 9.10. The van der Waals surface area contributed by atoms with E-state index in [0.29, 0.717) is 5.76 Å². The topological polar surface area (TPSA) is 30.2 Å². The van der Waals surface area contributed by atoms with E-state index in [1.807, 2.05) is 24.3 Å². The summed E-state index contributed by atoms with van der Waals surface area (Å²) in [5.41, 5.74) is 0.974. The molecule has 1 aromatic heterocycles. The SMILES string of the molecule is CC(=O)c1ccc(-c2ccc3cc(Br)ccc3c2)o1. The number of furan rings is 1. The van der Waals surface area contributed by atoms with E-state index in [9.17, 15) is 4.79 Å². The van der Waals surface area contributed by atoms with Crippen LogP contribution in [-0.2, 0) is 0 Å². The van der Waals surface area contributed by atoms with Gasteiger partial charge in [-0.25, -0.2) is 0 Å². The Morgan fingerprint density at radius 2 is 1.74 bits per heavy atom. The molecule has 0 N–H and O–H groups in total. The number of carbonyl (C=O) groups excluding carboxylic acids is 1. The molecule has 0 aliphatic rings. The molecule has 0 unspecified atom stereocenters. The highest BCUT2D eigenvalue weighted by Crippen LogP contribution is 2.27. The molecule has 0 saturated heterocycles. The number of ketones is 1. The van der Waals surface area contributed by atoms with Crippen LogP contribution in [0.2, 0.25) is 0 Å². The number of benzene rings is 2. The molecular weight excluding hydrogens is 304 g/mol. The van der Waals surface area contributed by atoms with Crippen LogP contribution in [0, 0.1) is 0 Å². The van der Waals surface area contributed by atoms with Crippen LogP contribution in [0.4, 0.5) is 0 Å². The molecule has 0 bridgehead atoms. The number of halogens is 1. The minimum Gasteiger partial charge on any atom is -0.453 e. The summed E-state index contributed by atoms with van der Waals surface area (Å²) in [7, 11) is 0. The Kier molecular flexibility index (Phi) is 2.99. The quantitative estimate of drug-likeness (QED) is 0.618. The van der Waals surface area contributed by atoms with Crippen LogP contribution in [0.1, 0.15) is 17.5 Å². The summed E-state index contributed by atoms with van der Waals surface area (Å²) in [4.78, 5) is 11.2.